The average molecular weight is 327 g/mol. The highest BCUT2D eigenvalue weighted by Crippen LogP contribution is 2.35. The molecule has 6 heteroatoms. The van der Waals surface area contributed by atoms with Gasteiger partial charge in [-0.1, -0.05) is 32.0 Å². The van der Waals surface area contributed by atoms with Gasteiger partial charge < -0.3 is 14.6 Å². The molecule has 126 valence electrons. The SMILES string of the molecule is Cc1nc(C(O)NC(c2ccc3cccnc3c2O)C(C)C)co1. The number of rotatable bonds is 5. The quantitative estimate of drug-likeness (QED) is 0.623. The highest BCUT2D eigenvalue weighted by molar-refractivity contribution is 5.85. The Kier molecular flexibility index (Phi) is 4.51. The highest BCUT2D eigenvalue weighted by Gasteiger charge is 2.24. The lowest BCUT2D eigenvalue weighted by atomic mass is 9.93. The third kappa shape index (κ3) is 3.11. The second kappa shape index (κ2) is 6.59. The van der Waals surface area contributed by atoms with E-state index in [4.69, 9.17) is 4.42 Å². The van der Waals surface area contributed by atoms with Crippen molar-refractivity contribution < 1.29 is 14.6 Å². The summed E-state index contributed by atoms with van der Waals surface area (Å²) in [5, 5.41) is 25.0. The van der Waals surface area contributed by atoms with Crippen molar-refractivity contribution in [1.29, 1.82) is 0 Å². The Morgan fingerprint density at radius 2 is 2.00 bits per heavy atom. The molecule has 0 fully saturated rings. The van der Waals surface area contributed by atoms with Gasteiger partial charge in [-0.15, -0.1) is 0 Å². The van der Waals surface area contributed by atoms with E-state index in [9.17, 15) is 10.2 Å². The van der Waals surface area contributed by atoms with E-state index >= 15 is 0 Å². The first-order chi connectivity index (χ1) is 11.5. The van der Waals surface area contributed by atoms with Crippen LogP contribution < -0.4 is 5.32 Å². The largest absolute Gasteiger partial charge is 0.505 e. The number of phenolic OH excluding ortho intramolecular Hbond substituents is 1. The van der Waals surface area contributed by atoms with Crippen molar-refractivity contribution in [2.45, 2.75) is 33.0 Å². The number of hydrogen-bond donors (Lipinski definition) is 3. The van der Waals surface area contributed by atoms with Gasteiger partial charge in [0.05, 0.1) is 0 Å². The summed E-state index contributed by atoms with van der Waals surface area (Å²) in [5.74, 6) is 0.743. The monoisotopic (exact) mass is 327 g/mol. The number of aryl methyl sites for hydroxylation is 1. The number of aromatic hydroxyl groups is 1. The summed E-state index contributed by atoms with van der Waals surface area (Å²) >= 11 is 0. The maximum atomic E-state index is 10.6. The number of fused-ring (bicyclic) bond motifs is 1. The molecule has 0 saturated heterocycles. The normalized spacial score (nSPS) is 14.2. The minimum Gasteiger partial charge on any atom is -0.505 e. The van der Waals surface area contributed by atoms with Crippen molar-refractivity contribution >= 4 is 10.9 Å². The van der Waals surface area contributed by atoms with Crippen molar-refractivity contribution in [2.75, 3.05) is 0 Å². The van der Waals surface area contributed by atoms with Gasteiger partial charge in [0.25, 0.3) is 0 Å². The molecule has 0 radical (unpaired) electrons. The lowest BCUT2D eigenvalue weighted by molar-refractivity contribution is 0.108. The van der Waals surface area contributed by atoms with Gasteiger partial charge in [0, 0.05) is 30.1 Å². The van der Waals surface area contributed by atoms with E-state index in [1.807, 2.05) is 38.1 Å². The number of benzene rings is 1. The molecule has 2 aromatic heterocycles. The number of pyridine rings is 1. The van der Waals surface area contributed by atoms with Crippen molar-refractivity contribution in [3.8, 4) is 5.75 Å². The first-order valence-electron chi connectivity index (χ1n) is 7.90. The Labute approximate surface area is 140 Å². The molecule has 1 aromatic carbocycles. The number of aliphatic hydroxyl groups excluding tert-OH is 1. The van der Waals surface area contributed by atoms with Gasteiger partial charge >= 0.3 is 0 Å². The number of aromatic nitrogens is 2. The lowest BCUT2D eigenvalue weighted by Crippen LogP contribution is -2.30. The molecule has 0 aliphatic rings. The predicted molar refractivity (Wildman–Crippen MR) is 90.3 cm³/mol. The Balaban J connectivity index is 1.95. The van der Waals surface area contributed by atoms with Gasteiger partial charge in [-0.25, -0.2) is 4.98 Å². The van der Waals surface area contributed by atoms with Crippen molar-refractivity contribution in [2.24, 2.45) is 5.92 Å². The molecule has 2 atom stereocenters. The fourth-order valence-electron chi connectivity index (χ4n) is 2.80. The number of oxazole rings is 1. The molecule has 24 heavy (non-hydrogen) atoms. The van der Waals surface area contributed by atoms with E-state index < -0.39 is 6.23 Å². The smallest absolute Gasteiger partial charge is 0.191 e. The third-order valence-corrected chi connectivity index (χ3v) is 4.04. The number of nitrogens with zero attached hydrogens (tertiary/aromatic N) is 2. The third-order valence-electron chi connectivity index (χ3n) is 4.04. The molecule has 2 unspecified atom stereocenters. The van der Waals surface area contributed by atoms with Gasteiger partial charge in [-0.2, -0.15) is 0 Å². The second-order valence-electron chi connectivity index (χ2n) is 6.16. The van der Waals surface area contributed by atoms with E-state index in [-0.39, 0.29) is 17.7 Å². The van der Waals surface area contributed by atoms with Gasteiger partial charge in [-0.05, 0) is 12.0 Å². The molecule has 3 N–H and O–H groups in total. The molecule has 2 heterocycles. The zero-order valence-corrected chi connectivity index (χ0v) is 13.9. The fourth-order valence-corrected chi connectivity index (χ4v) is 2.80. The Morgan fingerprint density at radius 3 is 2.67 bits per heavy atom. The van der Waals surface area contributed by atoms with Crippen LogP contribution in [0.15, 0.2) is 41.1 Å². The summed E-state index contributed by atoms with van der Waals surface area (Å²) < 4.78 is 5.14. The summed E-state index contributed by atoms with van der Waals surface area (Å²) in [5.41, 5.74) is 1.65. The van der Waals surface area contributed by atoms with Gasteiger partial charge in [0.1, 0.15) is 23.2 Å². The molecular weight excluding hydrogens is 306 g/mol. The summed E-state index contributed by atoms with van der Waals surface area (Å²) in [4.78, 5) is 8.39. The molecule has 0 bridgehead atoms. The van der Waals surface area contributed by atoms with Crippen LogP contribution in [0.3, 0.4) is 0 Å². The molecule has 0 aliphatic heterocycles. The van der Waals surface area contributed by atoms with Gasteiger partial charge in [0.15, 0.2) is 12.1 Å². The van der Waals surface area contributed by atoms with Crippen LogP contribution in [-0.4, -0.2) is 20.2 Å². The number of nitrogens with one attached hydrogen (secondary N) is 1. The summed E-state index contributed by atoms with van der Waals surface area (Å²) in [6.07, 6.45) is 2.08. The lowest BCUT2D eigenvalue weighted by Gasteiger charge is -2.26. The molecule has 0 spiro atoms. The van der Waals surface area contributed by atoms with Crippen molar-refractivity contribution in [3.63, 3.8) is 0 Å². The molecule has 0 aliphatic carbocycles. The number of aliphatic hydroxyl groups is 1. The molecule has 6 nitrogen and oxygen atoms in total. The standard InChI is InChI=1S/C18H21N3O3/c1-10(2)15(21-18(23)14-9-24-11(3)20-14)13-7-6-12-5-4-8-19-16(12)17(13)22/h4-10,15,18,21-23H,1-3H3. The fraction of sp³-hybridized carbons (Fsp3) is 0.333. The van der Waals surface area contributed by atoms with E-state index in [1.165, 1.54) is 6.26 Å². The van der Waals surface area contributed by atoms with Crippen LogP contribution in [0.2, 0.25) is 0 Å². The van der Waals surface area contributed by atoms with E-state index in [0.29, 0.717) is 22.7 Å². The van der Waals surface area contributed by atoms with Crippen molar-refractivity contribution in [1.82, 2.24) is 15.3 Å². The molecule has 3 rings (SSSR count). The van der Waals surface area contributed by atoms with Crippen LogP contribution in [0, 0.1) is 12.8 Å². The first-order valence-corrected chi connectivity index (χ1v) is 7.90. The molecule has 3 aromatic rings. The summed E-state index contributed by atoms with van der Waals surface area (Å²) in [6.45, 7) is 5.75. The van der Waals surface area contributed by atoms with Crippen LogP contribution in [0.25, 0.3) is 10.9 Å². The first kappa shape index (κ1) is 16.4. The number of phenols is 1. The van der Waals surface area contributed by atoms with Crippen LogP contribution in [-0.2, 0) is 0 Å². The maximum Gasteiger partial charge on any atom is 0.191 e. The molecule has 0 saturated carbocycles. The Hall–Kier alpha value is -2.44. The zero-order valence-electron chi connectivity index (χ0n) is 13.9. The average Bonchev–Trinajstić information content (AvgIpc) is 3.00. The summed E-state index contributed by atoms with van der Waals surface area (Å²) in [6, 6.07) is 7.23. The van der Waals surface area contributed by atoms with Gasteiger partial charge in [0.2, 0.25) is 0 Å². The number of hydrogen-bond acceptors (Lipinski definition) is 6. The molecular formula is C18H21N3O3. The zero-order chi connectivity index (χ0) is 17.3. The van der Waals surface area contributed by atoms with Crippen LogP contribution in [0.1, 0.15) is 43.3 Å². The van der Waals surface area contributed by atoms with E-state index in [2.05, 4.69) is 15.3 Å². The van der Waals surface area contributed by atoms with Crippen molar-refractivity contribution in [3.05, 3.63) is 53.9 Å². The van der Waals surface area contributed by atoms with Gasteiger partial charge in [-0.3, -0.25) is 10.3 Å². The Morgan fingerprint density at radius 1 is 1.21 bits per heavy atom. The predicted octanol–water partition coefficient (Wildman–Crippen LogP) is 3.21. The van der Waals surface area contributed by atoms with E-state index in [0.717, 1.165) is 5.39 Å². The Bertz CT molecular complexity index is 844. The highest BCUT2D eigenvalue weighted by atomic mass is 16.3. The second-order valence-corrected chi connectivity index (χ2v) is 6.16. The van der Waals surface area contributed by atoms with Crippen LogP contribution in [0.5, 0.6) is 5.75 Å². The van der Waals surface area contributed by atoms with Crippen LogP contribution >= 0.6 is 0 Å². The van der Waals surface area contributed by atoms with Crippen LogP contribution in [0.4, 0.5) is 0 Å². The molecule has 0 amide bonds. The maximum absolute atomic E-state index is 10.6. The van der Waals surface area contributed by atoms with E-state index in [1.54, 1.807) is 13.1 Å². The minimum atomic E-state index is -0.992. The topological polar surface area (TPSA) is 91.4 Å². The minimum absolute atomic E-state index is 0.125. The summed E-state index contributed by atoms with van der Waals surface area (Å²) in [7, 11) is 0.